The van der Waals surface area contributed by atoms with E-state index in [9.17, 15) is 4.79 Å². The molecule has 25 heavy (non-hydrogen) atoms. The largest absolute Gasteiger partial charge is 0.299 e. The van der Waals surface area contributed by atoms with Gasteiger partial charge in [-0.1, -0.05) is 61.2 Å². The lowest BCUT2D eigenvalue weighted by Crippen LogP contribution is -2.32. The molecular formula is C19H19ClN4O. The average Bonchev–Trinajstić information content (AvgIpc) is 3.19. The summed E-state index contributed by atoms with van der Waals surface area (Å²) < 4.78 is 3.34. The first kappa shape index (κ1) is 16.1. The van der Waals surface area contributed by atoms with Crippen LogP contribution in [0.4, 0.5) is 0 Å². The molecule has 1 saturated carbocycles. The fourth-order valence-corrected chi connectivity index (χ4v) is 3.87. The molecule has 1 fully saturated rings. The van der Waals surface area contributed by atoms with Crippen LogP contribution in [0.2, 0.25) is 5.15 Å². The number of aromatic nitrogens is 4. The summed E-state index contributed by atoms with van der Waals surface area (Å²) in [6.45, 7) is 0. The maximum Gasteiger partial charge on any atom is 0.296 e. The van der Waals surface area contributed by atoms with Gasteiger partial charge in [0.25, 0.3) is 5.56 Å². The second kappa shape index (κ2) is 6.84. The Kier molecular flexibility index (Phi) is 4.40. The van der Waals surface area contributed by atoms with Crippen LogP contribution in [0.1, 0.15) is 38.1 Å². The van der Waals surface area contributed by atoms with Crippen molar-refractivity contribution in [1.29, 1.82) is 0 Å². The van der Waals surface area contributed by atoms with Crippen molar-refractivity contribution in [2.45, 2.75) is 38.1 Å². The van der Waals surface area contributed by atoms with Gasteiger partial charge in [-0.2, -0.15) is 5.10 Å². The molecule has 4 rings (SSSR count). The van der Waals surface area contributed by atoms with Crippen molar-refractivity contribution < 1.29 is 0 Å². The van der Waals surface area contributed by atoms with Crippen molar-refractivity contribution in [3.05, 3.63) is 64.3 Å². The van der Waals surface area contributed by atoms with Gasteiger partial charge in [0.15, 0.2) is 5.15 Å². The third-order valence-corrected chi connectivity index (χ3v) is 5.02. The van der Waals surface area contributed by atoms with E-state index in [1.807, 2.05) is 34.9 Å². The van der Waals surface area contributed by atoms with Crippen LogP contribution in [-0.2, 0) is 0 Å². The second-order valence-electron chi connectivity index (χ2n) is 6.36. The van der Waals surface area contributed by atoms with E-state index < -0.39 is 0 Å². The Morgan fingerprint density at radius 2 is 1.80 bits per heavy atom. The molecule has 0 unspecified atom stereocenters. The Morgan fingerprint density at radius 3 is 2.48 bits per heavy atom. The van der Waals surface area contributed by atoms with Gasteiger partial charge in [0.2, 0.25) is 5.82 Å². The molecule has 0 spiro atoms. The van der Waals surface area contributed by atoms with Crippen LogP contribution in [0.5, 0.6) is 0 Å². The molecule has 6 heteroatoms. The molecule has 0 aliphatic heterocycles. The molecule has 5 nitrogen and oxygen atoms in total. The van der Waals surface area contributed by atoms with Crippen molar-refractivity contribution in [2.75, 3.05) is 0 Å². The predicted octanol–water partition coefficient (Wildman–Crippen LogP) is 4.25. The van der Waals surface area contributed by atoms with Crippen molar-refractivity contribution in [3.8, 4) is 17.1 Å². The van der Waals surface area contributed by atoms with Crippen molar-refractivity contribution in [1.82, 2.24) is 19.3 Å². The standard InChI is InChI=1S/C19H19ClN4O/c20-17-16(14-8-3-1-4-9-14)24(15-10-5-2-6-11-15)19(25)18(22-17)23-13-7-12-21-23/h1,3-4,7-9,12-13,15H,2,5-6,10-11H2. The highest BCUT2D eigenvalue weighted by atomic mass is 35.5. The highest BCUT2D eigenvalue weighted by Crippen LogP contribution is 2.34. The lowest BCUT2D eigenvalue weighted by Gasteiger charge is -2.27. The molecule has 0 amide bonds. The minimum Gasteiger partial charge on any atom is -0.299 e. The lowest BCUT2D eigenvalue weighted by molar-refractivity contribution is 0.347. The lowest BCUT2D eigenvalue weighted by atomic mass is 9.94. The zero-order valence-corrected chi connectivity index (χ0v) is 14.6. The minimum absolute atomic E-state index is 0.140. The van der Waals surface area contributed by atoms with Crippen molar-refractivity contribution in [3.63, 3.8) is 0 Å². The molecule has 0 saturated heterocycles. The second-order valence-corrected chi connectivity index (χ2v) is 6.72. The fourth-order valence-electron chi connectivity index (χ4n) is 3.59. The first-order chi connectivity index (χ1) is 12.3. The van der Waals surface area contributed by atoms with Crippen molar-refractivity contribution >= 4 is 11.6 Å². The number of benzene rings is 1. The van der Waals surface area contributed by atoms with E-state index in [1.165, 1.54) is 11.1 Å². The SMILES string of the molecule is O=c1c(-n2cccn2)nc(Cl)c(-c2ccccc2)n1C1CCCCC1. The average molecular weight is 355 g/mol. The molecule has 1 aromatic carbocycles. The normalized spacial score (nSPS) is 15.4. The summed E-state index contributed by atoms with van der Waals surface area (Å²) in [5.41, 5.74) is 1.48. The molecule has 128 valence electrons. The molecule has 3 aromatic rings. The zero-order valence-electron chi connectivity index (χ0n) is 13.8. The molecule has 0 radical (unpaired) electrons. The van der Waals surface area contributed by atoms with E-state index in [0.29, 0.717) is 10.8 Å². The van der Waals surface area contributed by atoms with Gasteiger partial charge in [0.1, 0.15) is 0 Å². The van der Waals surface area contributed by atoms with Crippen LogP contribution in [-0.4, -0.2) is 19.3 Å². The fraction of sp³-hybridized carbons (Fsp3) is 0.316. The van der Waals surface area contributed by atoms with Gasteiger partial charge in [-0.25, -0.2) is 9.67 Å². The highest BCUT2D eigenvalue weighted by molar-refractivity contribution is 6.31. The van der Waals surface area contributed by atoms with E-state index in [2.05, 4.69) is 10.1 Å². The Balaban J connectivity index is 1.97. The van der Waals surface area contributed by atoms with E-state index >= 15 is 0 Å². The van der Waals surface area contributed by atoms with E-state index in [-0.39, 0.29) is 17.4 Å². The number of halogens is 1. The smallest absolute Gasteiger partial charge is 0.296 e. The summed E-state index contributed by atoms with van der Waals surface area (Å²) in [6, 6.07) is 11.7. The Morgan fingerprint density at radius 1 is 1.04 bits per heavy atom. The third kappa shape index (κ3) is 3.00. The van der Waals surface area contributed by atoms with Gasteiger partial charge in [-0.05, 0) is 18.9 Å². The molecule has 1 aliphatic rings. The van der Waals surface area contributed by atoms with Gasteiger partial charge in [0.05, 0.1) is 5.69 Å². The number of hydrogen-bond acceptors (Lipinski definition) is 3. The van der Waals surface area contributed by atoms with Crippen LogP contribution >= 0.6 is 11.6 Å². The van der Waals surface area contributed by atoms with Crippen LogP contribution in [0, 0.1) is 0 Å². The summed E-state index contributed by atoms with van der Waals surface area (Å²) in [5.74, 6) is 0.250. The number of hydrogen-bond donors (Lipinski definition) is 0. The van der Waals surface area contributed by atoms with Crippen LogP contribution in [0.3, 0.4) is 0 Å². The monoisotopic (exact) mass is 354 g/mol. The summed E-state index contributed by atoms with van der Waals surface area (Å²) in [6.07, 6.45) is 8.79. The number of rotatable bonds is 3. The Labute approximate surface area is 150 Å². The Bertz CT molecular complexity index is 913. The molecular weight excluding hydrogens is 336 g/mol. The maximum absolute atomic E-state index is 13.3. The van der Waals surface area contributed by atoms with Gasteiger partial charge in [-0.3, -0.25) is 9.36 Å². The summed E-state index contributed by atoms with van der Waals surface area (Å²) in [4.78, 5) is 17.7. The summed E-state index contributed by atoms with van der Waals surface area (Å²) in [5, 5.41) is 4.49. The van der Waals surface area contributed by atoms with Crippen LogP contribution < -0.4 is 5.56 Å². The van der Waals surface area contributed by atoms with E-state index in [0.717, 1.165) is 31.2 Å². The third-order valence-electron chi connectivity index (χ3n) is 4.76. The first-order valence-electron chi connectivity index (χ1n) is 8.63. The number of nitrogens with zero attached hydrogens (tertiary/aromatic N) is 4. The van der Waals surface area contributed by atoms with Gasteiger partial charge < -0.3 is 0 Å². The molecule has 0 N–H and O–H groups in total. The topological polar surface area (TPSA) is 52.7 Å². The maximum atomic E-state index is 13.3. The predicted molar refractivity (Wildman–Crippen MR) is 98.2 cm³/mol. The van der Waals surface area contributed by atoms with E-state index in [1.54, 1.807) is 18.5 Å². The molecule has 2 heterocycles. The molecule has 0 bridgehead atoms. The summed E-state index contributed by atoms with van der Waals surface area (Å²) in [7, 11) is 0. The first-order valence-corrected chi connectivity index (χ1v) is 9.01. The van der Waals surface area contributed by atoms with Crippen molar-refractivity contribution in [2.24, 2.45) is 0 Å². The van der Waals surface area contributed by atoms with Gasteiger partial charge in [0, 0.05) is 24.0 Å². The van der Waals surface area contributed by atoms with Gasteiger partial charge in [-0.15, -0.1) is 0 Å². The summed E-state index contributed by atoms with van der Waals surface area (Å²) >= 11 is 6.57. The Hall–Kier alpha value is -2.40. The van der Waals surface area contributed by atoms with Gasteiger partial charge >= 0.3 is 0 Å². The van der Waals surface area contributed by atoms with Crippen LogP contribution in [0.25, 0.3) is 17.1 Å². The van der Waals surface area contributed by atoms with E-state index in [4.69, 9.17) is 11.6 Å². The quantitative estimate of drug-likeness (QED) is 0.706. The highest BCUT2D eigenvalue weighted by Gasteiger charge is 2.25. The molecule has 0 atom stereocenters. The minimum atomic E-state index is -0.140. The molecule has 2 aromatic heterocycles. The zero-order chi connectivity index (χ0) is 17.2. The van der Waals surface area contributed by atoms with Crippen LogP contribution in [0.15, 0.2) is 53.6 Å². The molecule has 1 aliphatic carbocycles.